The SMILES string of the molecule is [CH2-]COc1ccc2ccc(F)cc2c1.[Co]. The van der Waals surface area contributed by atoms with Gasteiger partial charge in [0.25, 0.3) is 0 Å². The first-order valence-electron chi connectivity index (χ1n) is 4.41. The van der Waals surface area contributed by atoms with Gasteiger partial charge in [-0.05, 0) is 41.6 Å². The number of fused-ring (bicyclic) bond motifs is 1. The monoisotopic (exact) mass is 248 g/mol. The van der Waals surface area contributed by atoms with Crippen molar-refractivity contribution in [2.45, 2.75) is 0 Å². The van der Waals surface area contributed by atoms with Gasteiger partial charge in [-0.25, -0.2) is 4.39 Å². The second-order valence-corrected chi connectivity index (χ2v) is 3.00. The number of hydrogen-bond acceptors (Lipinski definition) is 1. The minimum atomic E-state index is -0.232. The molecule has 0 aliphatic carbocycles. The van der Waals surface area contributed by atoms with E-state index in [1.165, 1.54) is 12.1 Å². The summed E-state index contributed by atoms with van der Waals surface area (Å²) in [6.07, 6.45) is 0. The van der Waals surface area contributed by atoms with Crippen molar-refractivity contribution in [1.29, 1.82) is 0 Å². The zero-order valence-corrected chi connectivity index (χ0v) is 9.04. The van der Waals surface area contributed by atoms with Gasteiger partial charge in [0, 0.05) is 16.8 Å². The summed E-state index contributed by atoms with van der Waals surface area (Å²) in [6, 6.07) is 10.3. The Kier molecular flexibility index (Phi) is 4.11. The molecule has 0 saturated carbocycles. The third-order valence-corrected chi connectivity index (χ3v) is 2.04. The Balaban J connectivity index is 0.00000112. The molecule has 2 aromatic rings. The van der Waals surface area contributed by atoms with Crippen LogP contribution >= 0.6 is 0 Å². The topological polar surface area (TPSA) is 9.23 Å². The van der Waals surface area contributed by atoms with E-state index in [9.17, 15) is 4.39 Å². The fourth-order valence-corrected chi connectivity index (χ4v) is 1.40. The molecule has 0 aliphatic heterocycles. The van der Waals surface area contributed by atoms with Crippen molar-refractivity contribution in [2.24, 2.45) is 0 Å². The van der Waals surface area contributed by atoms with E-state index < -0.39 is 0 Å². The Hall–Kier alpha value is -1.06. The third-order valence-electron chi connectivity index (χ3n) is 2.04. The smallest absolute Gasteiger partial charge is 0.123 e. The Morgan fingerprint density at radius 1 is 1.07 bits per heavy atom. The first kappa shape index (κ1) is 12.0. The van der Waals surface area contributed by atoms with Gasteiger partial charge in [0.2, 0.25) is 0 Å². The van der Waals surface area contributed by atoms with E-state index >= 15 is 0 Å². The van der Waals surface area contributed by atoms with E-state index in [1.807, 2.05) is 18.2 Å². The van der Waals surface area contributed by atoms with E-state index in [2.05, 4.69) is 6.92 Å². The molecule has 2 rings (SSSR count). The maximum Gasteiger partial charge on any atom is 0.123 e. The van der Waals surface area contributed by atoms with Crippen LogP contribution in [-0.2, 0) is 16.8 Å². The first-order valence-corrected chi connectivity index (χ1v) is 4.41. The van der Waals surface area contributed by atoms with Crippen molar-refractivity contribution in [3.05, 3.63) is 49.1 Å². The molecule has 2 aromatic carbocycles. The molecule has 1 nitrogen and oxygen atoms in total. The predicted octanol–water partition coefficient (Wildman–Crippen LogP) is 3.19. The van der Waals surface area contributed by atoms with Crippen LogP contribution in [0.2, 0.25) is 0 Å². The van der Waals surface area contributed by atoms with Gasteiger partial charge >= 0.3 is 0 Å². The molecule has 0 N–H and O–H groups in total. The third kappa shape index (κ3) is 2.70. The standard InChI is InChI=1S/C12H10FO.Co/c1-2-14-12-6-4-9-3-5-11(13)7-10(9)8-12;/h3-8H,1-2H2;/q-1;. The Labute approximate surface area is 98.4 Å². The second kappa shape index (κ2) is 5.14. The molecule has 0 unspecified atom stereocenters. The summed E-state index contributed by atoms with van der Waals surface area (Å²) in [5.41, 5.74) is 0. The quantitative estimate of drug-likeness (QED) is 0.741. The van der Waals surface area contributed by atoms with Crippen LogP contribution in [0.1, 0.15) is 0 Å². The minimum Gasteiger partial charge on any atom is -0.525 e. The van der Waals surface area contributed by atoms with E-state index in [1.54, 1.807) is 6.07 Å². The largest absolute Gasteiger partial charge is 0.525 e. The van der Waals surface area contributed by atoms with Crippen molar-refractivity contribution < 1.29 is 25.9 Å². The van der Waals surface area contributed by atoms with Crippen LogP contribution in [0.25, 0.3) is 10.8 Å². The number of rotatable bonds is 2. The molecule has 0 amide bonds. The number of halogens is 1. The molecular weight excluding hydrogens is 238 g/mol. The molecule has 3 heteroatoms. The molecule has 0 aliphatic rings. The van der Waals surface area contributed by atoms with Crippen LogP contribution in [-0.4, -0.2) is 6.61 Å². The van der Waals surface area contributed by atoms with E-state index in [4.69, 9.17) is 4.74 Å². The molecule has 0 saturated heterocycles. The van der Waals surface area contributed by atoms with Crippen molar-refractivity contribution in [1.82, 2.24) is 0 Å². The average Bonchev–Trinajstić information content (AvgIpc) is 2.17. The number of benzene rings is 2. The molecule has 0 bridgehead atoms. The summed E-state index contributed by atoms with van der Waals surface area (Å²) >= 11 is 0. The van der Waals surface area contributed by atoms with Gasteiger partial charge < -0.3 is 11.7 Å². The zero-order chi connectivity index (χ0) is 9.97. The van der Waals surface area contributed by atoms with Crippen LogP contribution in [0.4, 0.5) is 4.39 Å². The van der Waals surface area contributed by atoms with Gasteiger partial charge in [-0.3, -0.25) is 0 Å². The summed E-state index contributed by atoms with van der Waals surface area (Å²) in [6.45, 7) is 3.96. The van der Waals surface area contributed by atoms with Crippen LogP contribution in [0, 0.1) is 12.7 Å². The van der Waals surface area contributed by atoms with E-state index in [0.29, 0.717) is 6.61 Å². The average molecular weight is 248 g/mol. The van der Waals surface area contributed by atoms with Crippen molar-refractivity contribution in [3.63, 3.8) is 0 Å². The van der Waals surface area contributed by atoms with Crippen molar-refractivity contribution in [2.75, 3.05) is 6.61 Å². The first-order chi connectivity index (χ1) is 6.79. The van der Waals surface area contributed by atoms with Crippen LogP contribution < -0.4 is 4.74 Å². The molecule has 1 radical (unpaired) electrons. The summed E-state index contributed by atoms with van der Waals surface area (Å²) in [5.74, 6) is 0.488. The molecule has 0 heterocycles. The fraction of sp³-hybridized carbons (Fsp3) is 0.0833. The summed E-state index contributed by atoms with van der Waals surface area (Å²) in [7, 11) is 0. The molecule has 15 heavy (non-hydrogen) atoms. The molecular formula is C12H10CoFO-. The molecule has 0 atom stereocenters. The Morgan fingerprint density at radius 3 is 2.53 bits per heavy atom. The molecule has 81 valence electrons. The van der Waals surface area contributed by atoms with Gasteiger partial charge in [0.05, 0.1) is 0 Å². The van der Waals surface area contributed by atoms with Crippen LogP contribution in [0.15, 0.2) is 36.4 Å². The summed E-state index contributed by atoms with van der Waals surface area (Å²) in [4.78, 5) is 0. The van der Waals surface area contributed by atoms with E-state index in [0.717, 1.165) is 16.5 Å². The van der Waals surface area contributed by atoms with Gasteiger partial charge in [-0.2, -0.15) is 0 Å². The van der Waals surface area contributed by atoms with Gasteiger partial charge in [-0.15, -0.1) is 0 Å². The Morgan fingerprint density at radius 2 is 1.80 bits per heavy atom. The van der Waals surface area contributed by atoms with Crippen molar-refractivity contribution >= 4 is 10.8 Å². The van der Waals surface area contributed by atoms with Gasteiger partial charge in [-0.1, -0.05) is 12.1 Å². The van der Waals surface area contributed by atoms with Crippen LogP contribution in [0.3, 0.4) is 0 Å². The van der Waals surface area contributed by atoms with Crippen molar-refractivity contribution in [3.8, 4) is 5.75 Å². The summed E-state index contributed by atoms with van der Waals surface area (Å²) < 4.78 is 18.1. The zero-order valence-electron chi connectivity index (χ0n) is 8.00. The predicted molar refractivity (Wildman–Crippen MR) is 54.8 cm³/mol. The normalized spacial score (nSPS) is 9.73. The number of hydrogen-bond donors (Lipinski definition) is 0. The minimum absolute atomic E-state index is 0. The van der Waals surface area contributed by atoms with Gasteiger partial charge in [0.15, 0.2) is 0 Å². The Bertz CT molecular complexity index is 456. The molecule has 0 fully saturated rings. The van der Waals surface area contributed by atoms with Gasteiger partial charge in [0.1, 0.15) is 11.6 Å². The number of ether oxygens (including phenoxy) is 1. The maximum absolute atomic E-state index is 12.9. The molecule has 0 aromatic heterocycles. The molecule has 0 spiro atoms. The fourth-order valence-electron chi connectivity index (χ4n) is 1.40. The maximum atomic E-state index is 12.9. The summed E-state index contributed by atoms with van der Waals surface area (Å²) in [5, 5.41) is 1.85. The van der Waals surface area contributed by atoms with E-state index in [-0.39, 0.29) is 22.6 Å². The second-order valence-electron chi connectivity index (χ2n) is 3.00. The van der Waals surface area contributed by atoms with Crippen LogP contribution in [0.5, 0.6) is 5.75 Å².